The molecule has 3 unspecified atom stereocenters. The van der Waals surface area contributed by atoms with E-state index in [2.05, 4.69) is 5.32 Å². The normalized spacial score (nSPS) is 32.6. The molecular weight excluding hydrogens is 229 g/mol. The van der Waals surface area contributed by atoms with Crippen LogP contribution in [0.2, 0.25) is 0 Å². The molecule has 0 spiro atoms. The van der Waals surface area contributed by atoms with Crippen molar-refractivity contribution in [2.24, 2.45) is 5.92 Å². The van der Waals surface area contributed by atoms with Gasteiger partial charge in [0.2, 0.25) is 0 Å². The largest absolute Gasteiger partial charge is 0.378 e. The molecule has 2 aliphatic rings. The summed E-state index contributed by atoms with van der Waals surface area (Å²) in [5.41, 5.74) is 1.24. The minimum absolute atomic E-state index is 0.156. The van der Waals surface area contributed by atoms with E-state index >= 15 is 0 Å². The van der Waals surface area contributed by atoms with Gasteiger partial charge in [-0.3, -0.25) is 0 Å². The Hall–Kier alpha value is -0.930. The van der Waals surface area contributed by atoms with Crippen LogP contribution < -0.4 is 5.32 Å². The Kier molecular flexibility index (Phi) is 3.62. The molecule has 1 aromatic carbocycles. The average Bonchev–Trinajstić information content (AvgIpc) is 2.93. The summed E-state index contributed by atoms with van der Waals surface area (Å²) >= 11 is 0. The zero-order valence-electron chi connectivity index (χ0n) is 10.6. The van der Waals surface area contributed by atoms with Gasteiger partial charge < -0.3 is 10.1 Å². The number of halogens is 1. The summed E-state index contributed by atoms with van der Waals surface area (Å²) in [5, 5.41) is 3.45. The van der Waals surface area contributed by atoms with Gasteiger partial charge in [-0.25, -0.2) is 4.39 Å². The molecule has 0 saturated carbocycles. The molecular formula is C15H20FNO. The van der Waals surface area contributed by atoms with Crippen LogP contribution in [0.25, 0.3) is 0 Å². The van der Waals surface area contributed by atoms with Crippen molar-refractivity contribution in [1.29, 1.82) is 0 Å². The van der Waals surface area contributed by atoms with Gasteiger partial charge >= 0.3 is 0 Å². The van der Waals surface area contributed by atoms with Crippen molar-refractivity contribution < 1.29 is 9.13 Å². The molecule has 2 fully saturated rings. The van der Waals surface area contributed by atoms with E-state index in [4.69, 9.17) is 4.74 Å². The number of hydrogen-bond acceptors (Lipinski definition) is 2. The van der Waals surface area contributed by atoms with Gasteiger partial charge in [0.1, 0.15) is 5.82 Å². The number of hydrogen-bond donors (Lipinski definition) is 1. The van der Waals surface area contributed by atoms with Gasteiger partial charge in [0.25, 0.3) is 0 Å². The summed E-state index contributed by atoms with van der Waals surface area (Å²) in [4.78, 5) is 0. The Morgan fingerprint density at radius 1 is 1.17 bits per heavy atom. The third-order valence-electron chi connectivity index (χ3n) is 4.28. The summed E-state index contributed by atoms with van der Waals surface area (Å²) in [5.74, 6) is 0.887. The van der Waals surface area contributed by atoms with E-state index in [1.54, 1.807) is 12.1 Å². The number of nitrogens with one attached hydrogen (secondary N) is 1. The number of rotatable bonds is 2. The van der Waals surface area contributed by atoms with E-state index in [1.165, 1.54) is 18.4 Å². The van der Waals surface area contributed by atoms with Crippen molar-refractivity contribution in [1.82, 2.24) is 5.32 Å². The highest BCUT2D eigenvalue weighted by Crippen LogP contribution is 2.36. The standard InChI is InChI=1S/C15H20FNO/c16-12-5-3-11(4-6-12)14-10-17-8-7-13(14)15-2-1-9-18-15/h3-6,13-15,17H,1-2,7-10H2. The SMILES string of the molecule is Fc1ccc(C2CNCCC2C2CCCO2)cc1. The monoisotopic (exact) mass is 249 g/mol. The lowest BCUT2D eigenvalue weighted by atomic mass is 9.77. The Labute approximate surface area is 108 Å². The molecule has 0 radical (unpaired) electrons. The lowest BCUT2D eigenvalue weighted by Gasteiger charge is -2.36. The Morgan fingerprint density at radius 3 is 2.72 bits per heavy atom. The fraction of sp³-hybridized carbons (Fsp3) is 0.600. The molecule has 0 aliphatic carbocycles. The molecule has 2 nitrogen and oxygen atoms in total. The Morgan fingerprint density at radius 2 is 2.00 bits per heavy atom. The lowest BCUT2D eigenvalue weighted by Crippen LogP contribution is -2.40. The molecule has 3 heteroatoms. The summed E-state index contributed by atoms with van der Waals surface area (Å²) in [6.07, 6.45) is 3.93. The van der Waals surface area contributed by atoms with Crippen LogP contribution in [0.3, 0.4) is 0 Å². The van der Waals surface area contributed by atoms with Crippen LogP contribution in [0.15, 0.2) is 24.3 Å². The predicted molar refractivity (Wildman–Crippen MR) is 69.1 cm³/mol. The van der Waals surface area contributed by atoms with Crippen molar-refractivity contribution in [2.45, 2.75) is 31.3 Å². The van der Waals surface area contributed by atoms with Gasteiger partial charge in [0.15, 0.2) is 0 Å². The maximum atomic E-state index is 13.0. The molecule has 1 aromatic rings. The topological polar surface area (TPSA) is 21.3 Å². The van der Waals surface area contributed by atoms with Crippen molar-refractivity contribution in [3.05, 3.63) is 35.6 Å². The van der Waals surface area contributed by atoms with Gasteiger partial charge in [0, 0.05) is 19.1 Å². The minimum atomic E-state index is -0.156. The fourth-order valence-electron chi connectivity index (χ4n) is 3.34. The summed E-state index contributed by atoms with van der Waals surface area (Å²) in [6, 6.07) is 6.98. The van der Waals surface area contributed by atoms with Crippen molar-refractivity contribution in [3.8, 4) is 0 Å². The molecule has 2 saturated heterocycles. The fourth-order valence-corrected chi connectivity index (χ4v) is 3.34. The highest BCUT2D eigenvalue weighted by molar-refractivity contribution is 5.23. The van der Waals surface area contributed by atoms with Gasteiger partial charge in [-0.05, 0) is 49.4 Å². The van der Waals surface area contributed by atoms with Crippen molar-refractivity contribution in [3.63, 3.8) is 0 Å². The van der Waals surface area contributed by atoms with Gasteiger partial charge in [-0.1, -0.05) is 12.1 Å². The van der Waals surface area contributed by atoms with Crippen LogP contribution in [0.1, 0.15) is 30.7 Å². The van der Waals surface area contributed by atoms with E-state index < -0.39 is 0 Å². The van der Waals surface area contributed by atoms with Crippen LogP contribution in [0.4, 0.5) is 4.39 Å². The molecule has 3 atom stereocenters. The molecule has 3 rings (SSSR count). The zero-order valence-corrected chi connectivity index (χ0v) is 10.6. The second-order valence-electron chi connectivity index (χ2n) is 5.37. The first-order chi connectivity index (χ1) is 8.84. The van der Waals surface area contributed by atoms with Crippen molar-refractivity contribution >= 4 is 0 Å². The van der Waals surface area contributed by atoms with Crippen LogP contribution in [-0.2, 0) is 4.74 Å². The Bertz CT molecular complexity index is 386. The average molecular weight is 249 g/mol. The van der Waals surface area contributed by atoms with E-state index in [1.807, 2.05) is 12.1 Å². The first-order valence-electron chi connectivity index (χ1n) is 6.92. The van der Waals surface area contributed by atoms with E-state index in [-0.39, 0.29) is 5.82 Å². The van der Waals surface area contributed by atoms with Gasteiger partial charge in [-0.2, -0.15) is 0 Å². The summed E-state index contributed by atoms with van der Waals surface area (Å²) < 4.78 is 18.9. The summed E-state index contributed by atoms with van der Waals surface area (Å²) in [7, 11) is 0. The molecule has 2 aliphatic heterocycles. The molecule has 98 valence electrons. The highest BCUT2D eigenvalue weighted by Gasteiger charge is 2.34. The minimum Gasteiger partial charge on any atom is -0.378 e. The van der Waals surface area contributed by atoms with E-state index in [9.17, 15) is 4.39 Å². The molecule has 0 bridgehead atoms. The van der Waals surface area contributed by atoms with Crippen molar-refractivity contribution in [2.75, 3.05) is 19.7 Å². The van der Waals surface area contributed by atoms with Crippen LogP contribution >= 0.6 is 0 Å². The maximum absolute atomic E-state index is 13.0. The third-order valence-corrected chi connectivity index (χ3v) is 4.28. The molecule has 2 heterocycles. The number of ether oxygens (including phenoxy) is 1. The second-order valence-corrected chi connectivity index (χ2v) is 5.37. The second kappa shape index (κ2) is 5.37. The highest BCUT2D eigenvalue weighted by atomic mass is 19.1. The first-order valence-corrected chi connectivity index (χ1v) is 6.92. The smallest absolute Gasteiger partial charge is 0.123 e. The Balaban J connectivity index is 1.80. The van der Waals surface area contributed by atoms with Gasteiger partial charge in [-0.15, -0.1) is 0 Å². The van der Waals surface area contributed by atoms with Crippen LogP contribution in [0.5, 0.6) is 0 Å². The summed E-state index contributed by atoms with van der Waals surface area (Å²) in [6.45, 7) is 2.96. The predicted octanol–water partition coefficient (Wildman–Crippen LogP) is 2.70. The molecule has 0 aromatic heterocycles. The quantitative estimate of drug-likeness (QED) is 0.870. The van der Waals surface area contributed by atoms with Gasteiger partial charge in [0.05, 0.1) is 6.10 Å². The molecule has 18 heavy (non-hydrogen) atoms. The first kappa shape index (κ1) is 12.1. The lowest BCUT2D eigenvalue weighted by molar-refractivity contribution is 0.0411. The molecule has 0 amide bonds. The number of piperidine rings is 1. The van der Waals surface area contributed by atoms with Crippen LogP contribution in [0, 0.1) is 11.7 Å². The van der Waals surface area contributed by atoms with E-state index in [0.29, 0.717) is 17.9 Å². The third kappa shape index (κ3) is 2.43. The maximum Gasteiger partial charge on any atom is 0.123 e. The van der Waals surface area contributed by atoms with E-state index in [0.717, 1.165) is 26.1 Å². The van der Waals surface area contributed by atoms with Crippen LogP contribution in [-0.4, -0.2) is 25.8 Å². The molecule has 1 N–H and O–H groups in total. The number of benzene rings is 1. The zero-order chi connectivity index (χ0) is 12.4.